The van der Waals surface area contributed by atoms with E-state index in [1.807, 2.05) is 30.3 Å². The van der Waals surface area contributed by atoms with Crippen LogP contribution in [0, 0.1) is 0 Å². The lowest BCUT2D eigenvalue weighted by atomic mass is 10.0. The molecule has 0 aromatic heterocycles. The Morgan fingerprint density at radius 1 is 1.09 bits per heavy atom. The zero-order valence-corrected chi connectivity index (χ0v) is 14.7. The number of benzene rings is 2. The van der Waals surface area contributed by atoms with Crippen molar-refractivity contribution >= 4 is 33.4 Å². The first-order valence-electron chi connectivity index (χ1n) is 7.39. The summed E-state index contributed by atoms with van der Waals surface area (Å²) in [6.45, 7) is 4.16. The Hall–Kier alpha value is -2.14. The third-order valence-electron chi connectivity index (χ3n) is 3.36. The van der Waals surface area contributed by atoms with E-state index in [1.165, 1.54) is 5.56 Å². The standard InChI is InChI=1S/C18H19BrN2O2/c1-12(2)13-6-8-16(9-7-13)21-17(22)11-20-18(23)14-4-3-5-15(19)10-14/h3-10,12H,11H2,1-2H3,(H,20,23)(H,21,22). The smallest absolute Gasteiger partial charge is 0.251 e. The van der Waals surface area contributed by atoms with Crippen LogP contribution in [0.1, 0.15) is 35.7 Å². The zero-order valence-electron chi connectivity index (χ0n) is 13.1. The van der Waals surface area contributed by atoms with E-state index in [0.29, 0.717) is 11.5 Å². The molecule has 0 radical (unpaired) electrons. The number of hydrogen-bond donors (Lipinski definition) is 2. The number of amides is 2. The molecule has 2 rings (SSSR count). The van der Waals surface area contributed by atoms with E-state index >= 15 is 0 Å². The van der Waals surface area contributed by atoms with Gasteiger partial charge in [-0.05, 0) is 41.8 Å². The maximum absolute atomic E-state index is 12.0. The molecule has 0 saturated heterocycles. The number of anilines is 1. The first-order valence-corrected chi connectivity index (χ1v) is 8.18. The Kier molecular flexibility index (Phi) is 5.93. The van der Waals surface area contributed by atoms with Gasteiger partial charge in [0.25, 0.3) is 5.91 Å². The summed E-state index contributed by atoms with van der Waals surface area (Å²) in [7, 11) is 0. The quantitative estimate of drug-likeness (QED) is 0.832. The third-order valence-corrected chi connectivity index (χ3v) is 3.85. The Labute approximate surface area is 144 Å². The average Bonchev–Trinajstić information content (AvgIpc) is 2.53. The van der Waals surface area contributed by atoms with Crippen LogP contribution in [0.25, 0.3) is 0 Å². The van der Waals surface area contributed by atoms with Crippen molar-refractivity contribution in [1.29, 1.82) is 0 Å². The lowest BCUT2D eigenvalue weighted by Gasteiger charge is -2.09. The zero-order chi connectivity index (χ0) is 16.8. The van der Waals surface area contributed by atoms with Gasteiger partial charge in [-0.25, -0.2) is 0 Å². The SMILES string of the molecule is CC(C)c1ccc(NC(=O)CNC(=O)c2cccc(Br)c2)cc1. The second kappa shape index (κ2) is 7.92. The van der Waals surface area contributed by atoms with Crippen molar-refractivity contribution in [3.05, 3.63) is 64.1 Å². The molecule has 5 heteroatoms. The summed E-state index contributed by atoms with van der Waals surface area (Å²) in [5.41, 5.74) is 2.44. The van der Waals surface area contributed by atoms with Gasteiger partial charge in [0.15, 0.2) is 0 Å². The lowest BCUT2D eigenvalue weighted by Crippen LogP contribution is -2.32. The van der Waals surface area contributed by atoms with Crippen LogP contribution in [-0.4, -0.2) is 18.4 Å². The predicted molar refractivity (Wildman–Crippen MR) is 95.6 cm³/mol. The maximum Gasteiger partial charge on any atom is 0.251 e. The molecule has 2 amide bonds. The highest BCUT2D eigenvalue weighted by molar-refractivity contribution is 9.10. The second-order valence-electron chi connectivity index (χ2n) is 5.52. The fourth-order valence-electron chi connectivity index (χ4n) is 2.05. The Morgan fingerprint density at radius 3 is 2.39 bits per heavy atom. The lowest BCUT2D eigenvalue weighted by molar-refractivity contribution is -0.115. The number of carbonyl (C=O) groups is 2. The van der Waals surface area contributed by atoms with E-state index in [0.717, 1.165) is 10.2 Å². The van der Waals surface area contributed by atoms with Crippen molar-refractivity contribution in [2.75, 3.05) is 11.9 Å². The van der Waals surface area contributed by atoms with E-state index in [1.54, 1.807) is 18.2 Å². The number of nitrogens with one attached hydrogen (secondary N) is 2. The van der Waals surface area contributed by atoms with Gasteiger partial charge >= 0.3 is 0 Å². The van der Waals surface area contributed by atoms with Gasteiger partial charge in [0, 0.05) is 15.7 Å². The van der Waals surface area contributed by atoms with E-state index in [9.17, 15) is 9.59 Å². The summed E-state index contributed by atoms with van der Waals surface area (Å²) in [4.78, 5) is 23.9. The molecular weight excluding hydrogens is 356 g/mol. The highest BCUT2D eigenvalue weighted by Gasteiger charge is 2.08. The summed E-state index contributed by atoms with van der Waals surface area (Å²) in [6, 6.07) is 14.7. The molecule has 2 N–H and O–H groups in total. The number of carbonyl (C=O) groups excluding carboxylic acids is 2. The first-order chi connectivity index (χ1) is 11.0. The van der Waals surface area contributed by atoms with Gasteiger partial charge in [-0.15, -0.1) is 0 Å². The monoisotopic (exact) mass is 374 g/mol. The van der Waals surface area contributed by atoms with E-state index in [2.05, 4.69) is 40.4 Å². The molecule has 23 heavy (non-hydrogen) atoms. The second-order valence-corrected chi connectivity index (χ2v) is 6.43. The summed E-state index contributed by atoms with van der Waals surface area (Å²) >= 11 is 3.31. The molecule has 0 aliphatic rings. The summed E-state index contributed by atoms with van der Waals surface area (Å²) in [5, 5.41) is 5.37. The van der Waals surface area contributed by atoms with E-state index < -0.39 is 0 Å². The van der Waals surface area contributed by atoms with Crippen LogP contribution in [-0.2, 0) is 4.79 Å². The van der Waals surface area contributed by atoms with Crippen molar-refractivity contribution in [1.82, 2.24) is 5.32 Å². The minimum Gasteiger partial charge on any atom is -0.343 e. The van der Waals surface area contributed by atoms with Crippen molar-refractivity contribution < 1.29 is 9.59 Å². The molecular formula is C18H19BrN2O2. The van der Waals surface area contributed by atoms with Crippen LogP contribution >= 0.6 is 15.9 Å². The number of hydrogen-bond acceptors (Lipinski definition) is 2. The van der Waals surface area contributed by atoms with Crippen LogP contribution in [0.4, 0.5) is 5.69 Å². The first kappa shape index (κ1) is 17.2. The maximum atomic E-state index is 12.0. The van der Waals surface area contributed by atoms with Crippen molar-refractivity contribution in [3.63, 3.8) is 0 Å². The Bertz CT molecular complexity index is 696. The normalized spacial score (nSPS) is 10.4. The molecule has 0 atom stereocenters. The molecule has 0 bridgehead atoms. The van der Waals surface area contributed by atoms with Gasteiger partial charge in [-0.2, -0.15) is 0 Å². The molecule has 0 spiro atoms. The van der Waals surface area contributed by atoms with Crippen molar-refractivity contribution in [2.45, 2.75) is 19.8 Å². The fourth-order valence-corrected chi connectivity index (χ4v) is 2.45. The van der Waals surface area contributed by atoms with E-state index in [-0.39, 0.29) is 18.4 Å². The Balaban J connectivity index is 1.86. The molecule has 0 saturated carbocycles. The van der Waals surface area contributed by atoms with Crippen LogP contribution < -0.4 is 10.6 Å². The molecule has 2 aromatic rings. The van der Waals surface area contributed by atoms with Crippen molar-refractivity contribution in [3.8, 4) is 0 Å². The number of halogens is 1. The van der Waals surface area contributed by atoms with Gasteiger partial charge in [0.05, 0.1) is 6.54 Å². The minimum atomic E-state index is -0.281. The molecule has 120 valence electrons. The molecule has 0 aliphatic carbocycles. The topological polar surface area (TPSA) is 58.2 Å². The average molecular weight is 375 g/mol. The van der Waals surface area contributed by atoms with Gasteiger partial charge < -0.3 is 10.6 Å². The highest BCUT2D eigenvalue weighted by Crippen LogP contribution is 2.17. The molecule has 0 unspecified atom stereocenters. The molecule has 0 fully saturated rings. The van der Waals surface area contributed by atoms with Gasteiger partial charge in [0.1, 0.15) is 0 Å². The molecule has 2 aromatic carbocycles. The van der Waals surface area contributed by atoms with Crippen LogP contribution in [0.3, 0.4) is 0 Å². The van der Waals surface area contributed by atoms with Crippen LogP contribution in [0.2, 0.25) is 0 Å². The summed E-state index contributed by atoms with van der Waals surface area (Å²) < 4.78 is 0.819. The Morgan fingerprint density at radius 2 is 1.78 bits per heavy atom. The van der Waals surface area contributed by atoms with Crippen LogP contribution in [0.15, 0.2) is 53.0 Å². The molecule has 0 aliphatic heterocycles. The van der Waals surface area contributed by atoms with Crippen LogP contribution in [0.5, 0.6) is 0 Å². The van der Waals surface area contributed by atoms with Gasteiger partial charge in [-0.1, -0.05) is 48.0 Å². The summed E-state index contributed by atoms with van der Waals surface area (Å²) in [6.07, 6.45) is 0. The fraction of sp³-hybridized carbons (Fsp3) is 0.222. The van der Waals surface area contributed by atoms with Gasteiger partial charge in [-0.3, -0.25) is 9.59 Å². The van der Waals surface area contributed by atoms with Crippen molar-refractivity contribution in [2.24, 2.45) is 0 Å². The molecule has 0 heterocycles. The number of rotatable bonds is 5. The minimum absolute atomic E-state index is 0.0721. The predicted octanol–water partition coefficient (Wildman–Crippen LogP) is 3.94. The van der Waals surface area contributed by atoms with Gasteiger partial charge in [0.2, 0.25) is 5.91 Å². The molecule has 4 nitrogen and oxygen atoms in total. The van der Waals surface area contributed by atoms with E-state index in [4.69, 9.17) is 0 Å². The summed E-state index contributed by atoms with van der Waals surface area (Å²) in [5.74, 6) is -0.0912. The highest BCUT2D eigenvalue weighted by atomic mass is 79.9. The third kappa shape index (κ3) is 5.21. The largest absolute Gasteiger partial charge is 0.343 e.